The van der Waals surface area contributed by atoms with Gasteiger partial charge in [0.2, 0.25) is 11.7 Å². The van der Waals surface area contributed by atoms with Crippen LogP contribution in [0.5, 0.6) is 0 Å². The lowest BCUT2D eigenvalue weighted by Gasteiger charge is -2.39. The van der Waals surface area contributed by atoms with E-state index in [1.54, 1.807) is 4.90 Å². The average molecular weight is 693 g/mol. The maximum absolute atomic E-state index is 14.7. The van der Waals surface area contributed by atoms with E-state index in [0.29, 0.717) is 25.8 Å². The lowest BCUT2D eigenvalue weighted by Crippen LogP contribution is -2.52. The fourth-order valence-electron chi connectivity index (χ4n) is 8.15. The molecule has 0 radical (unpaired) electrons. The standard InChI is InChI=1S/C40H60N4O6/c1-8-12-27(36(48)33(47)21-25-15-16-25)22-32(46)35-28(39(2,3)4)17-20-44(35)38(50)29(40(5,6)7)23-31(45)34(26-13-10-9-11-14-26)43-37(49)30-24-41-18-19-42-30/h18-19,24-29,34-35H,8-17,20-23H2,1-7H3,(H,43,49)/t27-,28+,29-,34+,35+/m1/s1. The van der Waals surface area contributed by atoms with Gasteiger partial charge in [0.05, 0.1) is 18.3 Å². The van der Waals surface area contributed by atoms with Gasteiger partial charge in [0.15, 0.2) is 17.3 Å². The maximum Gasteiger partial charge on any atom is 0.272 e. The molecule has 2 saturated carbocycles. The number of carbonyl (C=O) groups excluding carboxylic acids is 6. The molecule has 3 aliphatic rings. The second-order valence-corrected chi connectivity index (χ2v) is 17.4. The van der Waals surface area contributed by atoms with Gasteiger partial charge in [-0.2, -0.15) is 0 Å². The Balaban J connectivity index is 1.59. The zero-order valence-electron chi connectivity index (χ0n) is 31.5. The highest BCUT2D eigenvalue weighted by Gasteiger charge is 2.50. The molecule has 2 amide bonds. The van der Waals surface area contributed by atoms with Crippen molar-refractivity contribution in [2.75, 3.05) is 6.54 Å². The summed E-state index contributed by atoms with van der Waals surface area (Å²) >= 11 is 0. The zero-order valence-corrected chi connectivity index (χ0v) is 31.5. The Kier molecular flexibility index (Phi) is 13.3. The molecule has 0 aromatic carbocycles. The zero-order chi connectivity index (χ0) is 36.8. The van der Waals surface area contributed by atoms with Crippen molar-refractivity contribution < 1.29 is 28.8 Å². The molecule has 50 heavy (non-hydrogen) atoms. The highest BCUT2D eigenvalue weighted by Crippen LogP contribution is 2.43. The van der Waals surface area contributed by atoms with Crippen molar-refractivity contribution >= 4 is 34.9 Å². The molecule has 1 saturated heterocycles. The van der Waals surface area contributed by atoms with Crippen molar-refractivity contribution in [2.45, 2.75) is 144 Å². The minimum absolute atomic E-state index is 0.0466. The van der Waals surface area contributed by atoms with E-state index in [0.717, 1.165) is 44.9 Å². The molecule has 0 bridgehead atoms. The first-order valence-electron chi connectivity index (χ1n) is 19.0. The minimum Gasteiger partial charge on any atom is -0.341 e. The number of likely N-dealkylation sites (tertiary alicyclic amines) is 1. The molecule has 3 fully saturated rings. The van der Waals surface area contributed by atoms with Gasteiger partial charge in [-0.3, -0.25) is 33.8 Å². The quantitative estimate of drug-likeness (QED) is 0.197. The highest BCUT2D eigenvalue weighted by molar-refractivity contribution is 6.38. The van der Waals surface area contributed by atoms with Gasteiger partial charge in [-0.15, -0.1) is 0 Å². The number of hydrogen-bond donors (Lipinski definition) is 1. The largest absolute Gasteiger partial charge is 0.341 e. The Bertz CT molecular complexity index is 1390. The summed E-state index contributed by atoms with van der Waals surface area (Å²) in [5.74, 6) is -3.26. The second-order valence-electron chi connectivity index (χ2n) is 17.4. The topological polar surface area (TPSA) is 143 Å². The highest BCUT2D eigenvalue weighted by atomic mass is 16.2. The van der Waals surface area contributed by atoms with Gasteiger partial charge in [-0.05, 0) is 67.1 Å². The molecule has 1 aliphatic heterocycles. The molecule has 5 atom stereocenters. The number of amides is 2. The minimum atomic E-state index is -0.769. The summed E-state index contributed by atoms with van der Waals surface area (Å²) in [6.07, 6.45) is 12.7. The van der Waals surface area contributed by atoms with E-state index in [4.69, 9.17) is 0 Å². The summed E-state index contributed by atoms with van der Waals surface area (Å²) in [6, 6.07) is -1.52. The van der Waals surface area contributed by atoms with Crippen LogP contribution in [0.25, 0.3) is 0 Å². The number of rotatable bonds is 16. The van der Waals surface area contributed by atoms with Gasteiger partial charge in [0, 0.05) is 50.0 Å². The number of ketones is 4. The molecule has 1 N–H and O–H groups in total. The van der Waals surface area contributed by atoms with E-state index in [2.05, 4.69) is 36.1 Å². The van der Waals surface area contributed by atoms with Crippen molar-refractivity contribution in [3.8, 4) is 0 Å². The van der Waals surface area contributed by atoms with Crippen LogP contribution in [-0.4, -0.2) is 68.4 Å². The molecule has 276 valence electrons. The van der Waals surface area contributed by atoms with Gasteiger partial charge in [0.25, 0.3) is 5.91 Å². The molecule has 0 unspecified atom stereocenters. The molecule has 2 heterocycles. The van der Waals surface area contributed by atoms with Crippen molar-refractivity contribution in [2.24, 2.45) is 40.4 Å². The van der Waals surface area contributed by atoms with E-state index in [1.165, 1.54) is 18.6 Å². The van der Waals surface area contributed by atoms with Crippen molar-refractivity contribution in [1.29, 1.82) is 0 Å². The van der Waals surface area contributed by atoms with Crippen LogP contribution >= 0.6 is 0 Å². The Labute approximate surface area is 298 Å². The Morgan fingerprint density at radius 3 is 2.14 bits per heavy atom. The van der Waals surface area contributed by atoms with Crippen LogP contribution in [0.15, 0.2) is 18.6 Å². The number of Topliss-reactive ketones (excluding diaryl/α,β-unsaturated/α-hetero) is 4. The summed E-state index contributed by atoms with van der Waals surface area (Å²) in [5.41, 5.74) is -0.793. The summed E-state index contributed by atoms with van der Waals surface area (Å²) < 4.78 is 0. The van der Waals surface area contributed by atoms with Crippen LogP contribution in [0.1, 0.15) is 142 Å². The number of nitrogens with one attached hydrogen (secondary N) is 1. The Morgan fingerprint density at radius 1 is 0.900 bits per heavy atom. The van der Waals surface area contributed by atoms with Crippen molar-refractivity contribution in [1.82, 2.24) is 20.2 Å². The lowest BCUT2D eigenvalue weighted by molar-refractivity contribution is -0.148. The summed E-state index contributed by atoms with van der Waals surface area (Å²) in [5, 5.41) is 2.96. The molecule has 1 aromatic heterocycles. The molecule has 10 nitrogen and oxygen atoms in total. The molecular formula is C40H60N4O6. The fraction of sp³-hybridized carbons (Fsp3) is 0.750. The van der Waals surface area contributed by atoms with Crippen LogP contribution in [0, 0.1) is 40.4 Å². The number of carbonyl (C=O) groups is 6. The van der Waals surface area contributed by atoms with E-state index in [1.807, 2.05) is 27.7 Å². The van der Waals surface area contributed by atoms with Crippen LogP contribution < -0.4 is 5.32 Å². The molecule has 4 rings (SSSR count). The molecule has 0 spiro atoms. The first-order chi connectivity index (χ1) is 23.5. The third-order valence-corrected chi connectivity index (χ3v) is 11.3. The normalized spacial score (nSPS) is 22.0. The van der Waals surface area contributed by atoms with Crippen LogP contribution in [0.3, 0.4) is 0 Å². The molecule has 1 aromatic rings. The Morgan fingerprint density at radius 2 is 1.58 bits per heavy atom. The predicted molar refractivity (Wildman–Crippen MR) is 191 cm³/mol. The molecular weight excluding hydrogens is 632 g/mol. The van der Waals surface area contributed by atoms with Crippen molar-refractivity contribution in [3.05, 3.63) is 24.3 Å². The SMILES string of the molecule is CCC[C@H](CC(=O)[C@@H]1[C@@H](C(C)(C)C)CCN1C(=O)[C@@H](CC(=O)[C@@H](NC(=O)c1cnccn1)C1CCCCC1)C(C)(C)C)C(=O)C(=O)CC1CC1. The van der Waals surface area contributed by atoms with Gasteiger partial charge >= 0.3 is 0 Å². The summed E-state index contributed by atoms with van der Waals surface area (Å²) in [4.78, 5) is 92.6. The van der Waals surface area contributed by atoms with Gasteiger partial charge in [-0.1, -0.05) is 74.1 Å². The van der Waals surface area contributed by atoms with Gasteiger partial charge in [-0.25, -0.2) is 4.98 Å². The third-order valence-electron chi connectivity index (χ3n) is 11.3. The van der Waals surface area contributed by atoms with E-state index in [9.17, 15) is 28.8 Å². The second kappa shape index (κ2) is 16.8. The predicted octanol–water partition coefficient (Wildman–Crippen LogP) is 6.35. The Hall–Kier alpha value is -3.30. The van der Waals surface area contributed by atoms with E-state index >= 15 is 0 Å². The lowest BCUT2D eigenvalue weighted by atomic mass is 9.72. The van der Waals surface area contributed by atoms with Crippen LogP contribution in [0.2, 0.25) is 0 Å². The number of aromatic nitrogens is 2. The number of nitrogens with zero attached hydrogens (tertiary/aromatic N) is 3. The molecule has 10 heteroatoms. The first-order valence-corrected chi connectivity index (χ1v) is 19.0. The fourth-order valence-corrected chi connectivity index (χ4v) is 8.15. The van der Waals surface area contributed by atoms with Crippen LogP contribution in [-0.2, 0) is 24.0 Å². The van der Waals surface area contributed by atoms with Crippen molar-refractivity contribution in [3.63, 3.8) is 0 Å². The summed E-state index contributed by atoms with van der Waals surface area (Å²) in [6.45, 7) is 14.3. The van der Waals surface area contributed by atoms with E-state index < -0.39 is 41.0 Å². The maximum atomic E-state index is 14.7. The van der Waals surface area contributed by atoms with Gasteiger partial charge in [0.1, 0.15) is 5.69 Å². The monoisotopic (exact) mass is 692 g/mol. The van der Waals surface area contributed by atoms with Crippen LogP contribution in [0.4, 0.5) is 0 Å². The summed E-state index contributed by atoms with van der Waals surface area (Å²) in [7, 11) is 0. The molecule has 2 aliphatic carbocycles. The average Bonchev–Trinajstić information content (AvgIpc) is 3.76. The number of hydrogen-bond acceptors (Lipinski definition) is 8. The smallest absolute Gasteiger partial charge is 0.272 e. The van der Waals surface area contributed by atoms with E-state index in [-0.39, 0.29) is 71.4 Å². The van der Waals surface area contributed by atoms with Gasteiger partial charge < -0.3 is 10.2 Å². The third kappa shape index (κ3) is 10.2. The first kappa shape index (κ1) is 39.5.